The van der Waals surface area contributed by atoms with E-state index < -0.39 is 0 Å². The molecule has 0 spiro atoms. The van der Waals surface area contributed by atoms with Gasteiger partial charge in [0.2, 0.25) is 0 Å². The van der Waals surface area contributed by atoms with Crippen LogP contribution in [-0.2, 0) is 13.7 Å². The standard InChI is InChI=1S/C13H16N2O/c1-10-6-11(2)8-13(7-10)16-9-12-4-5-15(3)14-12/h4-8H,9H2,1-3H3. The Balaban J connectivity index is 2.04. The minimum atomic E-state index is 0.518. The first kappa shape index (κ1) is 10.7. The molecule has 2 aromatic rings. The van der Waals surface area contributed by atoms with E-state index >= 15 is 0 Å². The molecule has 0 amide bonds. The lowest BCUT2D eigenvalue weighted by atomic mass is 10.1. The van der Waals surface area contributed by atoms with E-state index in [-0.39, 0.29) is 0 Å². The van der Waals surface area contributed by atoms with Crippen molar-refractivity contribution < 1.29 is 4.74 Å². The van der Waals surface area contributed by atoms with Crippen LogP contribution in [0.1, 0.15) is 16.8 Å². The van der Waals surface area contributed by atoms with Gasteiger partial charge in [0, 0.05) is 13.2 Å². The molecule has 1 heterocycles. The van der Waals surface area contributed by atoms with Gasteiger partial charge in [-0.2, -0.15) is 5.10 Å². The molecule has 0 aliphatic rings. The van der Waals surface area contributed by atoms with Crippen LogP contribution in [0.3, 0.4) is 0 Å². The number of aromatic nitrogens is 2. The van der Waals surface area contributed by atoms with Gasteiger partial charge in [-0.25, -0.2) is 0 Å². The highest BCUT2D eigenvalue weighted by Gasteiger charge is 2.00. The van der Waals surface area contributed by atoms with Crippen LogP contribution in [0.25, 0.3) is 0 Å². The molecule has 16 heavy (non-hydrogen) atoms. The molecular formula is C13H16N2O. The Bertz CT molecular complexity index is 468. The number of aryl methyl sites for hydroxylation is 3. The summed E-state index contributed by atoms with van der Waals surface area (Å²) in [5.41, 5.74) is 3.38. The van der Waals surface area contributed by atoms with E-state index in [1.807, 2.05) is 31.4 Å². The van der Waals surface area contributed by atoms with Gasteiger partial charge in [0.05, 0.1) is 5.69 Å². The van der Waals surface area contributed by atoms with Crippen LogP contribution in [0.2, 0.25) is 0 Å². The molecule has 84 valence electrons. The van der Waals surface area contributed by atoms with Crippen molar-refractivity contribution in [2.45, 2.75) is 20.5 Å². The number of nitrogens with zero attached hydrogens (tertiary/aromatic N) is 2. The number of rotatable bonds is 3. The second-order valence-electron chi connectivity index (χ2n) is 4.09. The third-order valence-corrected chi connectivity index (χ3v) is 2.35. The van der Waals surface area contributed by atoms with Crippen LogP contribution in [0.5, 0.6) is 5.75 Å². The van der Waals surface area contributed by atoms with Crippen LogP contribution >= 0.6 is 0 Å². The molecule has 3 nitrogen and oxygen atoms in total. The zero-order valence-electron chi connectivity index (χ0n) is 9.90. The average Bonchev–Trinajstić information content (AvgIpc) is 2.60. The van der Waals surface area contributed by atoms with E-state index in [1.54, 1.807) is 4.68 Å². The summed E-state index contributed by atoms with van der Waals surface area (Å²) in [4.78, 5) is 0. The number of hydrogen-bond donors (Lipinski definition) is 0. The quantitative estimate of drug-likeness (QED) is 0.788. The second kappa shape index (κ2) is 4.39. The lowest BCUT2D eigenvalue weighted by Gasteiger charge is -2.06. The van der Waals surface area contributed by atoms with Gasteiger partial charge in [0.1, 0.15) is 12.4 Å². The fraction of sp³-hybridized carbons (Fsp3) is 0.308. The maximum Gasteiger partial charge on any atom is 0.132 e. The molecule has 0 atom stereocenters. The molecule has 1 aromatic carbocycles. The lowest BCUT2D eigenvalue weighted by molar-refractivity contribution is 0.299. The van der Waals surface area contributed by atoms with Crippen LogP contribution in [-0.4, -0.2) is 9.78 Å². The normalized spacial score (nSPS) is 10.4. The Morgan fingerprint density at radius 3 is 2.44 bits per heavy atom. The largest absolute Gasteiger partial charge is 0.487 e. The summed E-state index contributed by atoms with van der Waals surface area (Å²) in [5.74, 6) is 0.906. The predicted molar refractivity (Wildman–Crippen MR) is 63.5 cm³/mol. The smallest absolute Gasteiger partial charge is 0.132 e. The molecule has 0 aliphatic heterocycles. The predicted octanol–water partition coefficient (Wildman–Crippen LogP) is 2.62. The maximum absolute atomic E-state index is 5.69. The minimum absolute atomic E-state index is 0.518. The fourth-order valence-corrected chi connectivity index (χ4v) is 1.71. The summed E-state index contributed by atoms with van der Waals surface area (Å²) in [5, 5.41) is 4.26. The lowest BCUT2D eigenvalue weighted by Crippen LogP contribution is -1.98. The highest BCUT2D eigenvalue weighted by molar-refractivity contribution is 5.33. The molecule has 0 saturated carbocycles. The zero-order chi connectivity index (χ0) is 11.5. The first-order valence-electron chi connectivity index (χ1n) is 5.33. The number of benzene rings is 1. The average molecular weight is 216 g/mol. The van der Waals surface area contributed by atoms with E-state index in [2.05, 4.69) is 25.0 Å². The monoisotopic (exact) mass is 216 g/mol. The Labute approximate surface area is 95.7 Å². The SMILES string of the molecule is Cc1cc(C)cc(OCc2ccn(C)n2)c1. The molecule has 0 aliphatic carbocycles. The van der Waals surface area contributed by atoms with Crippen LogP contribution < -0.4 is 4.74 Å². The van der Waals surface area contributed by atoms with Crippen LogP contribution in [0.15, 0.2) is 30.5 Å². The van der Waals surface area contributed by atoms with Crippen molar-refractivity contribution in [2.75, 3.05) is 0 Å². The summed E-state index contributed by atoms with van der Waals surface area (Å²) >= 11 is 0. The maximum atomic E-state index is 5.69. The fourth-order valence-electron chi connectivity index (χ4n) is 1.71. The molecule has 0 unspecified atom stereocenters. The molecule has 0 N–H and O–H groups in total. The van der Waals surface area contributed by atoms with Gasteiger partial charge < -0.3 is 4.74 Å². The van der Waals surface area contributed by atoms with Crippen molar-refractivity contribution in [3.63, 3.8) is 0 Å². The van der Waals surface area contributed by atoms with Crippen molar-refractivity contribution in [1.29, 1.82) is 0 Å². The molecule has 3 heteroatoms. The van der Waals surface area contributed by atoms with E-state index in [1.165, 1.54) is 11.1 Å². The summed E-state index contributed by atoms with van der Waals surface area (Å²) in [6.45, 7) is 4.66. The first-order chi connectivity index (χ1) is 7.63. The Hall–Kier alpha value is -1.77. The van der Waals surface area contributed by atoms with Gasteiger partial charge in [-0.1, -0.05) is 6.07 Å². The van der Waals surface area contributed by atoms with Crippen molar-refractivity contribution in [3.05, 3.63) is 47.3 Å². The minimum Gasteiger partial charge on any atom is -0.487 e. The Morgan fingerprint density at radius 1 is 1.19 bits per heavy atom. The highest BCUT2D eigenvalue weighted by atomic mass is 16.5. The highest BCUT2D eigenvalue weighted by Crippen LogP contribution is 2.17. The van der Waals surface area contributed by atoms with Gasteiger partial charge in [-0.05, 0) is 43.2 Å². The molecule has 1 aromatic heterocycles. The molecule has 0 saturated heterocycles. The zero-order valence-corrected chi connectivity index (χ0v) is 9.90. The molecule has 0 radical (unpaired) electrons. The summed E-state index contributed by atoms with van der Waals surface area (Å²) in [6, 6.07) is 8.17. The van der Waals surface area contributed by atoms with E-state index in [4.69, 9.17) is 4.74 Å². The van der Waals surface area contributed by atoms with Crippen molar-refractivity contribution in [1.82, 2.24) is 9.78 Å². The van der Waals surface area contributed by atoms with Gasteiger partial charge >= 0.3 is 0 Å². The first-order valence-corrected chi connectivity index (χ1v) is 5.33. The topological polar surface area (TPSA) is 27.1 Å². The van der Waals surface area contributed by atoms with Crippen LogP contribution in [0, 0.1) is 13.8 Å². The van der Waals surface area contributed by atoms with Crippen molar-refractivity contribution >= 4 is 0 Å². The Morgan fingerprint density at radius 2 is 1.88 bits per heavy atom. The molecule has 2 rings (SSSR count). The molecule has 0 fully saturated rings. The summed E-state index contributed by atoms with van der Waals surface area (Å²) in [7, 11) is 1.90. The molecular weight excluding hydrogens is 200 g/mol. The third-order valence-electron chi connectivity index (χ3n) is 2.35. The number of hydrogen-bond acceptors (Lipinski definition) is 2. The number of ether oxygens (including phenoxy) is 1. The third kappa shape index (κ3) is 2.63. The van der Waals surface area contributed by atoms with Crippen molar-refractivity contribution in [2.24, 2.45) is 7.05 Å². The van der Waals surface area contributed by atoms with Gasteiger partial charge in [-0.3, -0.25) is 4.68 Å². The summed E-state index contributed by atoms with van der Waals surface area (Å²) < 4.78 is 7.47. The van der Waals surface area contributed by atoms with E-state index in [0.29, 0.717) is 6.61 Å². The van der Waals surface area contributed by atoms with E-state index in [9.17, 15) is 0 Å². The van der Waals surface area contributed by atoms with Crippen molar-refractivity contribution in [3.8, 4) is 5.75 Å². The second-order valence-corrected chi connectivity index (χ2v) is 4.09. The van der Waals surface area contributed by atoms with E-state index in [0.717, 1.165) is 11.4 Å². The van der Waals surface area contributed by atoms with Gasteiger partial charge in [0.25, 0.3) is 0 Å². The summed E-state index contributed by atoms with van der Waals surface area (Å²) in [6.07, 6.45) is 1.92. The van der Waals surface area contributed by atoms with Gasteiger partial charge in [-0.15, -0.1) is 0 Å². The van der Waals surface area contributed by atoms with Gasteiger partial charge in [0.15, 0.2) is 0 Å². The molecule has 0 bridgehead atoms. The Kier molecular flexibility index (Phi) is 2.95. The van der Waals surface area contributed by atoms with Crippen LogP contribution in [0.4, 0.5) is 0 Å².